The lowest BCUT2D eigenvalue weighted by atomic mass is 10.2. The van der Waals surface area contributed by atoms with Crippen molar-refractivity contribution in [1.82, 2.24) is 0 Å². The summed E-state index contributed by atoms with van der Waals surface area (Å²) in [5.41, 5.74) is 1.34. The van der Waals surface area contributed by atoms with Crippen molar-refractivity contribution in [1.29, 1.82) is 0 Å². The molecule has 1 aromatic heterocycles. The van der Waals surface area contributed by atoms with E-state index in [0.29, 0.717) is 12.2 Å². The Bertz CT molecular complexity index is 494. The summed E-state index contributed by atoms with van der Waals surface area (Å²) < 4.78 is 5.25. The van der Waals surface area contributed by atoms with Gasteiger partial charge in [0, 0.05) is 17.6 Å². The van der Waals surface area contributed by atoms with Crippen LogP contribution in [0, 0.1) is 0 Å². The molecule has 0 aliphatic carbocycles. The second-order valence-electron chi connectivity index (χ2n) is 3.45. The van der Waals surface area contributed by atoms with E-state index in [2.05, 4.69) is 5.32 Å². The smallest absolute Gasteiger partial charge is 0.340 e. The number of rotatable bonds is 4. The molecule has 3 nitrogen and oxygen atoms in total. The van der Waals surface area contributed by atoms with E-state index in [0.717, 1.165) is 10.6 Å². The summed E-state index contributed by atoms with van der Waals surface area (Å²) in [6, 6.07) is 11.2. The number of thiophene rings is 1. The van der Waals surface area contributed by atoms with Gasteiger partial charge in [-0.2, -0.15) is 0 Å². The summed E-state index contributed by atoms with van der Waals surface area (Å²) in [5, 5.41) is 4.93. The van der Waals surface area contributed by atoms with E-state index >= 15 is 0 Å². The van der Waals surface area contributed by atoms with Crippen LogP contribution in [0.3, 0.4) is 0 Å². The third kappa shape index (κ3) is 2.85. The van der Waals surface area contributed by atoms with Gasteiger partial charge >= 0.3 is 5.97 Å². The van der Waals surface area contributed by atoms with E-state index in [1.165, 1.54) is 0 Å². The molecule has 88 valence electrons. The van der Waals surface area contributed by atoms with E-state index in [1.54, 1.807) is 24.5 Å². The van der Waals surface area contributed by atoms with Crippen LogP contribution >= 0.6 is 11.3 Å². The third-order valence-electron chi connectivity index (χ3n) is 2.34. The van der Waals surface area contributed by atoms with Crippen LogP contribution in [0.15, 0.2) is 41.8 Å². The normalized spacial score (nSPS) is 9.94. The first-order valence-electron chi connectivity index (χ1n) is 5.27. The summed E-state index contributed by atoms with van der Waals surface area (Å²) in [5.74, 6) is -0.302. The number of esters is 1. The molecule has 2 aromatic rings. The van der Waals surface area contributed by atoms with Crippen molar-refractivity contribution in [3.63, 3.8) is 0 Å². The van der Waals surface area contributed by atoms with Gasteiger partial charge in [0.05, 0.1) is 5.56 Å². The molecular weight excluding hydrogens is 234 g/mol. The molecule has 0 bridgehead atoms. The van der Waals surface area contributed by atoms with Crippen molar-refractivity contribution in [3.8, 4) is 0 Å². The second kappa shape index (κ2) is 5.50. The van der Waals surface area contributed by atoms with E-state index in [-0.39, 0.29) is 5.97 Å². The van der Waals surface area contributed by atoms with Gasteiger partial charge in [0.15, 0.2) is 0 Å². The first-order valence-corrected chi connectivity index (χ1v) is 6.15. The highest BCUT2D eigenvalue weighted by molar-refractivity contribution is 7.09. The summed E-state index contributed by atoms with van der Waals surface area (Å²) in [6.45, 7) is 0.328. The molecule has 1 heterocycles. The molecule has 0 atom stereocenters. The monoisotopic (exact) mass is 247 g/mol. The fourth-order valence-electron chi connectivity index (χ4n) is 1.49. The number of hydrogen-bond donors (Lipinski definition) is 1. The van der Waals surface area contributed by atoms with Gasteiger partial charge in [-0.15, -0.1) is 11.3 Å². The van der Waals surface area contributed by atoms with Gasteiger partial charge in [-0.05, 0) is 23.6 Å². The Morgan fingerprint density at radius 3 is 2.82 bits per heavy atom. The first-order chi connectivity index (χ1) is 8.31. The van der Waals surface area contributed by atoms with E-state index < -0.39 is 0 Å². The van der Waals surface area contributed by atoms with Crippen LogP contribution in [0.5, 0.6) is 0 Å². The first kappa shape index (κ1) is 11.7. The maximum atomic E-state index is 11.9. The van der Waals surface area contributed by atoms with Gasteiger partial charge in [0.25, 0.3) is 0 Å². The average molecular weight is 247 g/mol. The molecule has 0 aliphatic heterocycles. The van der Waals surface area contributed by atoms with Crippen LogP contribution in [0.1, 0.15) is 15.2 Å². The Kier molecular flexibility index (Phi) is 3.77. The van der Waals surface area contributed by atoms with Gasteiger partial charge in [-0.3, -0.25) is 0 Å². The maximum Gasteiger partial charge on any atom is 0.340 e. The topological polar surface area (TPSA) is 38.3 Å². The summed E-state index contributed by atoms with van der Waals surface area (Å²) in [7, 11) is 1.78. The molecular formula is C13H13NO2S. The standard InChI is InChI=1S/C13H13NO2S/c1-14-12-7-3-2-6-11(12)13(15)16-9-10-5-4-8-17-10/h2-8,14H,9H2,1H3. The largest absolute Gasteiger partial charge is 0.456 e. The molecule has 0 fully saturated rings. The minimum Gasteiger partial charge on any atom is -0.456 e. The Hall–Kier alpha value is -1.81. The third-order valence-corrected chi connectivity index (χ3v) is 3.19. The van der Waals surface area contributed by atoms with Gasteiger partial charge in [0.1, 0.15) is 6.61 Å². The summed E-state index contributed by atoms with van der Waals surface area (Å²) in [6.07, 6.45) is 0. The van der Waals surface area contributed by atoms with Crippen LogP contribution in [0.2, 0.25) is 0 Å². The lowest BCUT2D eigenvalue weighted by Gasteiger charge is -2.08. The number of para-hydroxylation sites is 1. The van der Waals surface area contributed by atoms with Crippen LogP contribution in [-0.4, -0.2) is 13.0 Å². The zero-order valence-electron chi connectivity index (χ0n) is 9.47. The molecule has 0 aliphatic rings. The summed E-state index contributed by atoms with van der Waals surface area (Å²) >= 11 is 1.58. The number of carbonyl (C=O) groups is 1. The van der Waals surface area contributed by atoms with Gasteiger partial charge < -0.3 is 10.1 Å². The minimum atomic E-state index is -0.302. The molecule has 0 saturated heterocycles. The Labute approximate surface area is 104 Å². The van der Waals surface area contributed by atoms with Crippen molar-refractivity contribution in [2.24, 2.45) is 0 Å². The quantitative estimate of drug-likeness (QED) is 0.843. The summed E-state index contributed by atoms with van der Waals surface area (Å²) in [4.78, 5) is 12.9. The highest BCUT2D eigenvalue weighted by Crippen LogP contribution is 2.17. The molecule has 1 aromatic carbocycles. The van der Waals surface area contributed by atoms with Gasteiger partial charge in [0.2, 0.25) is 0 Å². The zero-order valence-corrected chi connectivity index (χ0v) is 10.3. The Balaban J connectivity index is 2.04. The maximum absolute atomic E-state index is 11.9. The van der Waals surface area contributed by atoms with Crippen molar-refractivity contribution in [2.75, 3.05) is 12.4 Å². The molecule has 2 rings (SSSR count). The number of carbonyl (C=O) groups excluding carboxylic acids is 1. The minimum absolute atomic E-state index is 0.302. The average Bonchev–Trinajstić information content (AvgIpc) is 2.89. The van der Waals surface area contributed by atoms with E-state index in [1.807, 2.05) is 35.7 Å². The van der Waals surface area contributed by atoms with Crippen LogP contribution < -0.4 is 5.32 Å². The second-order valence-corrected chi connectivity index (χ2v) is 4.48. The number of nitrogens with one attached hydrogen (secondary N) is 1. The highest BCUT2D eigenvalue weighted by atomic mass is 32.1. The van der Waals surface area contributed by atoms with Gasteiger partial charge in [-0.1, -0.05) is 18.2 Å². The fourth-order valence-corrected chi connectivity index (χ4v) is 2.10. The lowest BCUT2D eigenvalue weighted by Crippen LogP contribution is -2.07. The van der Waals surface area contributed by atoms with Crippen LogP contribution in [0.4, 0.5) is 5.69 Å². The highest BCUT2D eigenvalue weighted by Gasteiger charge is 2.11. The molecule has 0 radical (unpaired) electrons. The fraction of sp³-hybridized carbons (Fsp3) is 0.154. The van der Waals surface area contributed by atoms with Crippen LogP contribution in [-0.2, 0) is 11.3 Å². The Morgan fingerprint density at radius 2 is 2.12 bits per heavy atom. The van der Waals surface area contributed by atoms with Gasteiger partial charge in [-0.25, -0.2) is 4.79 Å². The van der Waals surface area contributed by atoms with Crippen molar-refractivity contribution in [3.05, 3.63) is 52.2 Å². The van der Waals surface area contributed by atoms with E-state index in [4.69, 9.17) is 4.74 Å². The van der Waals surface area contributed by atoms with E-state index in [9.17, 15) is 4.79 Å². The number of hydrogen-bond acceptors (Lipinski definition) is 4. The predicted molar refractivity (Wildman–Crippen MR) is 69.4 cm³/mol. The molecule has 1 N–H and O–H groups in total. The molecule has 0 saturated carbocycles. The van der Waals surface area contributed by atoms with Crippen molar-refractivity contribution in [2.45, 2.75) is 6.61 Å². The predicted octanol–water partition coefficient (Wildman–Crippen LogP) is 3.15. The SMILES string of the molecule is CNc1ccccc1C(=O)OCc1cccs1. The molecule has 0 unspecified atom stereocenters. The van der Waals surface area contributed by atoms with Crippen LogP contribution in [0.25, 0.3) is 0 Å². The molecule has 0 spiro atoms. The Morgan fingerprint density at radius 1 is 1.29 bits per heavy atom. The lowest BCUT2D eigenvalue weighted by molar-refractivity contribution is 0.0478. The molecule has 17 heavy (non-hydrogen) atoms. The zero-order chi connectivity index (χ0) is 12.1. The molecule has 0 amide bonds. The number of anilines is 1. The number of benzene rings is 1. The van der Waals surface area contributed by atoms with Crippen molar-refractivity contribution >= 4 is 23.0 Å². The van der Waals surface area contributed by atoms with Crippen molar-refractivity contribution < 1.29 is 9.53 Å². The molecule has 4 heteroatoms. The number of ether oxygens (including phenoxy) is 1.